The summed E-state index contributed by atoms with van der Waals surface area (Å²) < 4.78 is 170. The molecule has 32 heteroatoms. The Morgan fingerprint density at radius 2 is 1.01 bits per heavy atom. The number of anilines is 2. The highest BCUT2D eigenvalue weighted by molar-refractivity contribution is 14.1. The lowest BCUT2D eigenvalue weighted by atomic mass is 9.77. The minimum Gasteiger partial charge on any atom is -0.748 e. The number of hydrogen-bond acceptors (Lipinski definition) is 19. The van der Waals surface area contributed by atoms with Crippen LogP contribution in [0.4, 0.5) is 27.1 Å². The number of unbranched alkanes of at least 4 members (excludes halogenated alkanes) is 4. The molecule has 0 aromatic heterocycles. The number of rotatable bonds is 32. The van der Waals surface area contributed by atoms with Crippen LogP contribution < -0.4 is 9.80 Å². The predicted molar refractivity (Wildman–Crippen MR) is 458 cm³/mol. The predicted octanol–water partition coefficient (Wildman–Crippen LogP) is 15.5. The van der Waals surface area contributed by atoms with Crippen molar-refractivity contribution in [2.75, 3.05) is 42.6 Å². The van der Waals surface area contributed by atoms with Gasteiger partial charge in [-0.1, -0.05) is 107 Å². The number of hydroxylamine groups is 2. The van der Waals surface area contributed by atoms with E-state index in [1.54, 1.807) is 36.1 Å². The zero-order valence-corrected chi connectivity index (χ0v) is 75.2. The first kappa shape index (κ1) is 90.8. The van der Waals surface area contributed by atoms with Crippen LogP contribution in [0.5, 0.6) is 0 Å². The van der Waals surface area contributed by atoms with Gasteiger partial charge in [-0.15, -0.1) is 5.06 Å². The fourth-order valence-corrected chi connectivity index (χ4v) is 22.1. The quantitative estimate of drug-likeness (QED) is 0.00902. The van der Waals surface area contributed by atoms with E-state index in [1.165, 1.54) is 57.5 Å². The van der Waals surface area contributed by atoms with E-state index in [0.29, 0.717) is 77.5 Å². The number of carbonyl (C=O) groups is 4. The molecule has 1 N–H and O–H groups in total. The van der Waals surface area contributed by atoms with Crippen molar-refractivity contribution in [3.63, 3.8) is 0 Å². The van der Waals surface area contributed by atoms with Crippen molar-refractivity contribution in [2.24, 2.45) is 0 Å². The first-order valence-corrected chi connectivity index (χ1v) is 46.1. The summed E-state index contributed by atoms with van der Waals surface area (Å²) >= 11 is 9.47. The second kappa shape index (κ2) is 38.8. The lowest BCUT2D eigenvalue weighted by molar-refractivity contribution is -0.401. The topological polar surface area (TPSA) is 328 Å². The standard InChI is InChI=1S/C41H47I2N3O10S2.C37H44I2N2O8S2.CH3F/c1-6-7-15-32(39(49)56-46-36(47)20-21-37(46)48)45-31-19-18-28(58(53,54)55)26-29(31)41(4,22-13-14-23-57(50,51)52)35(45)17-12-10-8-9-11-16-34-40(2,3)38-30(43)24-27(42)25-33(38)44(34)5;1-6-7-17-34(49-25-42)41-30-19-18-27(51(46,47)48)24-28(30)37(4,20-13-14-21-50(43,44)45)33(41)16-12-10-8-9-11-15-32-36(2,3)35-29(39)22-26(38)23-31(35)40(32)5;1-2/h8-12,16-19,24-26,32H,6-7,13-15,20-23H2,1-5H3,(H-,50,51,52,53,54,55);8-12,15-16,18-19,22-25,34H,6-7,13-14,17,20-21H2,1-5H3,(H-,43,44,45,46,47,48);1H3/p-1/i;;1D. The SMILES string of the molecule is CCCCC(C(=O)ON1C(=O)CCC1=O)N1\C(=C/C=C/C=C/C=C/C2=[N+](C)c3cc(I)cc(I)c3C2(C)C)C(C)(CCCCS(=O)(=O)[O-])c2cc(S(=O)(=O)[O-])ccc21.CCCCC(OC=O)N1\C(=C/C=C/C=C/C=C/C2=[N+](C)c3cc(I)cc(I)c3C2(C)C)C(C)(CCCCS(=O)(=O)O)c2cc(S(=O)(=O)[O-])ccc21.[2H]CF. The van der Waals surface area contributed by atoms with Gasteiger partial charge in [0, 0.05) is 97.2 Å². The summed E-state index contributed by atoms with van der Waals surface area (Å²) in [4.78, 5) is 58.8. The average Bonchev–Trinajstić information content (AvgIpc) is 1.59. The third-order valence-corrected chi connectivity index (χ3v) is 26.6. The van der Waals surface area contributed by atoms with Gasteiger partial charge in [-0.05, 0) is 242 Å². The average molecular weight is 2060 g/mol. The van der Waals surface area contributed by atoms with Crippen LogP contribution in [-0.2, 0) is 90.9 Å². The van der Waals surface area contributed by atoms with Crippen LogP contribution in [-0.4, -0.2) is 147 Å². The minimum atomic E-state index is -4.92. The fourth-order valence-electron chi connectivity index (χ4n) is 15.0. The summed E-state index contributed by atoms with van der Waals surface area (Å²) in [6.45, 7) is 16.9. The number of imide groups is 1. The smallest absolute Gasteiger partial charge is 0.355 e. The number of allylic oxidation sites excluding steroid dienone is 16. The Morgan fingerprint density at radius 3 is 1.42 bits per heavy atom. The molecule has 602 valence electrons. The third kappa shape index (κ3) is 22.1. The molecular weight excluding hydrogens is 1960 g/mol. The lowest BCUT2D eigenvalue weighted by Crippen LogP contribution is -2.46. The number of halogens is 5. The van der Waals surface area contributed by atoms with Crippen LogP contribution in [0.2, 0.25) is 0 Å². The Bertz CT molecular complexity index is 5060. The molecule has 0 spiro atoms. The van der Waals surface area contributed by atoms with E-state index in [2.05, 4.69) is 178 Å². The maximum Gasteiger partial charge on any atom is 0.355 e. The van der Waals surface area contributed by atoms with E-state index < -0.39 is 105 Å². The van der Waals surface area contributed by atoms with Gasteiger partial charge in [-0.3, -0.25) is 23.3 Å². The van der Waals surface area contributed by atoms with E-state index in [9.17, 15) is 75.5 Å². The number of amides is 2. The molecule has 2 amide bonds. The van der Waals surface area contributed by atoms with Gasteiger partial charge >= 0.3 is 5.97 Å². The van der Waals surface area contributed by atoms with Gasteiger partial charge in [-0.2, -0.15) is 17.6 Å². The maximum absolute atomic E-state index is 14.1. The van der Waals surface area contributed by atoms with E-state index in [0.717, 1.165) is 33.9 Å². The molecule has 4 aromatic rings. The van der Waals surface area contributed by atoms with Gasteiger partial charge in [0.05, 0.1) is 56.1 Å². The summed E-state index contributed by atoms with van der Waals surface area (Å²) in [5.41, 5.74) is 7.93. The van der Waals surface area contributed by atoms with Crippen molar-refractivity contribution in [3.8, 4) is 0 Å². The van der Waals surface area contributed by atoms with Crippen LogP contribution in [0.25, 0.3) is 0 Å². The van der Waals surface area contributed by atoms with Crippen LogP contribution in [0.1, 0.15) is 169 Å². The van der Waals surface area contributed by atoms with Gasteiger partial charge in [0.1, 0.15) is 40.4 Å². The van der Waals surface area contributed by atoms with Gasteiger partial charge < -0.3 is 33.0 Å². The summed E-state index contributed by atoms with van der Waals surface area (Å²) in [5.74, 6) is -3.20. The van der Waals surface area contributed by atoms with Crippen molar-refractivity contribution < 1.29 is 95.5 Å². The Labute approximate surface area is 708 Å². The van der Waals surface area contributed by atoms with E-state index >= 15 is 0 Å². The van der Waals surface area contributed by atoms with E-state index in [-0.39, 0.29) is 60.7 Å². The van der Waals surface area contributed by atoms with E-state index in [4.69, 9.17) is 10.9 Å². The van der Waals surface area contributed by atoms with Gasteiger partial charge in [0.25, 0.3) is 28.4 Å². The van der Waals surface area contributed by atoms with Crippen molar-refractivity contribution in [1.29, 1.82) is 0 Å². The first-order valence-electron chi connectivity index (χ1n) is 36.5. The van der Waals surface area contributed by atoms with Crippen LogP contribution in [0, 0.1) is 14.3 Å². The number of carbonyl (C=O) groups excluding carboxylic acids is 4. The zero-order valence-electron chi connectivity index (χ0n) is 64.3. The first-order chi connectivity index (χ1) is 52.4. The molecule has 0 saturated carbocycles. The van der Waals surface area contributed by atoms with Crippen molar-refractivity contribution in [3.05, 3.63) is 194 Å². The molecule has 5 aliphatic heterocycles. The van der Waals surface area contributed by atoms with Gasteiger partial charge in [0.2, 0.25) is 11.4 Å². The fraction of sp³-hybridized carbons (Fsp3) is 0.418. The number of nitrogens with zero attached hydrogens (tertiary/aromatic N) is 5. The molecule has 5 aliphatic rings. The molecule has 4 aromatic carbocycles. The molecule has 4 unspecified atom stereocenters. The summed E-state index contributed by atoms with van der Waals surface area (Å²) in [7, 11) is -15.3. The molecule has 0 bridgehead atoms. The van der Waals surface area contributed by atoms with Crippen LogP contribution in [0.3, 0.4) is 0 Å². The van der Waals surface area contributed by atoms with Gasteiger partial charge in [0.15, 0.2) is 17.7 Å². The van der Waals surface area contributed by atoms with Crippen LogP contribution in [0.15, 0.2) is 167 Å². The molecule has 23 nitrogen and oxygen atoms in total. The Hall–Kier alpha value is -5.69. The maximum atomic E-state index is 14.1. The van der Waals surface area contributed by atoms with Crippen LogP contribution >= 0.6 is 90.4 Å². The number of alkyl halides is 1. The molecule has 5 heterocycles. The second-order valence-corrected chi connectivity index (χ2v) is 39.3. The lowest BCUT2D eigenvalue weighted by Gasteiger charge is -2.34. The molecule has 0 aliphatic carbocycles. The number of ether oxygens (including phenoxy) is 1. The molecule has 9 rings (SSSR count). The summed E-state index contributed by atoms with van der Waals surface area (Å²) in [5, 5.41) is 0.485. The Balaban J connectivity index is 0.000000303. The molecule has 1 fully saturated rings. The zero-order chi connectivity index (χ0) is 83.3. The van der Waals surface area contributed by atoms with Crippen molar-refractivity contribution >= 4 is 189 Å². The number of fused-ring (bicyclic) bond motifs is 4. The molecule has 111 heavy (non-hydrogen) atoms. The van der Waals surface area contributed by atoms with E-state index in [1.807, 2.05) is 80.4 Å². The summed E-state index contributed by atoms with van der Waals surface area (Å²) in [6, 6.07) is 15.7. The largest absolute Gasteiger partial charge is 0.748 e. The highest BCUT2D eigenvalue weighted by atomic mass is 127. The molecule has 0 radical (unpaired) electrons. The monoisotopic (exact) mass is 2060 g/mol. The Kier molecular flexibility index (Phi) is 31.8. The molecule has 4 atom stereocenters. The number of benzene rings is 4. The number of hydrogen-bond donors (Lipinski definition) is 1. The van der Waals surface area contributed by atoms with Gasteiger partial charge in [-0.25, -0.2) is 30.0 Å². The summed E-state index contributed by atoms with van der Waals surface area (Å²) in [6.07, 6.45) is 30.5. The normalized spacial score (nSPS) is 20.3. The minimum absolute atomic E-state index is 0.0173. The van der Waals surface area contributed by atoms with Crippen molar-refractivity contribution in [2.45, 2.75) is 189 Å². The molecular formula is C79H93FI4N5O18S4-. The highest BCUT2D eigenvalue weighted by Gasteiger charge is 2.51. The second-order valence-electron chi connectivity index (χ2n) is 28.7. The Morgan fingerprint density at radius 1 is 0.604 bits per heavy atom. The third-order valence-electron chi connectivity index (χ3n) is 20.4. The van der Waals surface area contributed by atoms with Crippen molar-refractivity contribution in [1.82, 2.24) is 5.06 Å². The molecule has 1 saturated heterocycles. The highest BCUT2D eigenvalue weighted by Crippen LogP contribution is 2.55.